The van der Waals surface area contributed by atoms with Gasteiger partial charge in [0.25, 0.3) is 0 Å². The molecule has 0 radical (unpaired) electrons. The monoisotopic (exact) mass is 274 g/mol. The Morgan fingerprint density at radius 1 is 1.21 bits per heavy atom. The van der Waals surface area contributed by atoms with Gasteiger partial charge in [-0.1, -0.05) is 6.07 Å². The van der Waals surface area contributed by atoms with E-state index >= 15 is 0 Å². The number of alkyl halides is 3. The fourth-order valence-electron chi connectivity index (χ4n) is 1.72. The zero-order chi connectivity index (χ0) is 14.0. The highest BCUT2D eigenvalue weighted by molar-refractivity contribution is 5.29. The number of hydrogen-bond acceptors (Lipinski definition) is 2. The summed E-state index contributed by atoms with van der Waals surface area (Å²) < 4.78 is 55.5. The van der Waals surface area contributed by atoms with Crippen LogP contribution in [-0.2, 0) is 12.6 Å². The molecular formula is C13H10F4O2. The lowest BCUT2D eigenvalue weighted by atomic mass is 10.0. The molecule has 19 heavy (non-hydrogen) atoms. The Morgan fingerprint density at radius 2 is 1.95 bits per heavy atom. The van der Waals surface area contributed by atoms with Crippen molar-refractivity contribution in [1.82, 2.24) is 0 Å². The van der Waals surface area contributed by atoms with Crippen molar-refractivity contribution in [3.63, 3.8) is 0 Å². The molecule has 1 aromatic carbocycles. The molecule has 0 saturated carbocycles. The summed E-state index contributed by atoms with van der Waals surface area (Å²) in [5.41, 5.74) is -0.725. The third-order valence-corrected chi connectivity index (χ3v) is 2.69. The van der Waals surface area contributed by atoms with E-state index in [2.05, 4.69) is 0 Å². The van der Waals surface area contributed by atoms with E-state index < -0.39 is 23.7 Å². The Bertz CT molecular complexity index is 546. The molecule has 0 bridgehead atoms. The number of rotatable bonds is 3. The minimum absolute atomic E-state index is 0.00919. The van der Waals surface area contributed by atoms with Gasteiger partial charge in [0, 0.05) is 6.42 Å². The quantitative estimate of drug-likeness (QED) is 0.865. The summed E-state index contributed by atoms with van der Waals surface area (Å²) >= 11 is 0. The van der Waals surface area contributed by atoms with E-state index in [1.54, 1.807) is 6.07 Å². The van der Waals surface area contributed by atoms with Gasteiger partial charge in [0.1, 0.15) is 5.82 Å². The van der Waals surface area contributed by atoms with E-state index in [0.29, 0.717) is 17.7 Å². The predicted octanol–water partition coefficient (Wildman–Crippen LogP) is 3.71. The number of hydrogen-bond donors (Lipinski definition) is 1. The third kappa shape index (κ3) is 3.14. The number of furan rings is 1. The Morgan fingerprint density at radius 3 is 2.53 bits per heavy atom. The molecule has 1 N–H and O–H groups in total. The van der Waals surface area contributed by atoms with Gasteiger partial charge in [-0.3, -0.25) is 0 Å². The van der Waals surface area contributed by atoms with Crippen LogP contribution in [0.3, 0.4) is 0 Å². The highest BCUT2D eigenvalue weighted by Gasteiger charge is 2.34. The molecule has 0 fully saturated rings. The zero-order valence-electron chi connectivity index (χ0n) is 9.62. The first kappa shape index (κ1) is 13.6. The lowest BCUT2D eigenvalue weighted by molar-refractivity contribution is -0.140. The fraction of sp³-hybridized carbons (Fsp3) is 0.231. The number of aliphatic hydroxyl groups excluding tert-OH is 1. The average molecular weight is 274 g/mol. The van der Waals surface area contributed by atoms with Crippen molar-refractivity contribution >= 4 is 0 Å². The van der Waals surface area contributed by atoms with Crippen LogP contribution in [0.1, 0.15) is 22.8 Å². The second-order valence-electron chi connectivity index (χ2n) is 4.09. The molecule has 1 atom stereocenters. The number of benzene rings is 1. The van der Waals surface area contributed by atoms with E-state index in [1.165, 1.54) is 12.5 Å². The normalized spacial score (nSPS) is 13.5. The standard InChI is InChI=1S/C13H10F4O2/c14-11-2-1-9(6-10(11)13(15,16)17)12(18)5-8-3-4-19-7-8/h1-4,6-7,12,18H,5H2. The molecule has 2 aromatic rings. The van der Waals surface area contributed by atoms with Crippen molar-refractivity contribution < 1.29 is 27.1 Å². The molecular weight excluding hydrogens is 264 g/mol. The van der Waals surface area contributed by atoms with Gasteiger partial charge < -0.3 is 9.52 Å². The Balaban J connectivity index is 2.25. The van der Waals surface area contributed by atoms with Gasteiger partial charge in [0.2, 0.25) is 0 Å². The minimum atomic E-state index is -4.78. The van der Waals surface area contributed by atoms with E-state index in [9.17, 15) is 22.7 Å². The molecule has 102 valence electrons. The maximum absolute atomic E-state index is 13.1. The summed E-state index contributed by atoms with van der Waals surface area (Å²) in [5, 5.41) is 9.84. The van der Waals surface area contributed by atoms with Crippen LogP contribution in [0.15, 0.2) is 41.2 Å². The van der Waals surface area contributed by atoms with Crippen LogP contribution in [-0.4, -0.2) is 5.11 Å². The largest absolute Gasteiger partial charge is 0.472 e. The lowest BCUT2D eigenvalue weighted by Gasteiger charge is -2.13. The smallest absolute Gasteiger partial charge is 0.419 e. The number of aliphatic hydroxyl groups is 1. The average Bonchev–Trinajstić information content (AvgIpc) is 2.80. The van der Waals surface area contributed by atoms with Crippen LogP contribution < -0.4 is 0 Å². The molecule has 0 aliphatic carbocycles. The lowest BCUT2D eigenvalue weighted by Crippen LogP contribution is -2.10. The van der Waals surface area contributed by atoms with Crippen LogP contribution in [0.25, 0.3) is 0 Å². The molecule has 0 aliphatic rings. The van der Waals surface area contributed by atoms with Gasteiger partial charge in [-0.15, -0.1) is 0 Å². The van der Waals surface area contributed by atoms with Crippen molar-refractivity contribution in [2.75, 3.05) is 0 Å². The summed E-state index contributed by atoms with van der Waals surface area (Å²) in [6, 6.07) is 4.06. The summed E-state index contributed by atoms with van der Waals surface area (Å²) in [6.07, 6.45) is -3.06. The maximum atomic E-state index is 13.1. The highest BCUT2D eigenvalue weighted by atomic mass is 19.4. The Hall–Kier alpha value is -1.82. The minimum Gasteiger partial charge on any atom is -0.472 e. The first-order chi connectivity index (χ1) is 8.88. The van der Waals surface area contributed by atoms with Gasteiger partial charge >= 0.3 is 6.18 Å². The van der Waals surface area contributed by atoms with Gasteiger partial charge in [-0.2, -0.15) is 13.2 Å². The van der Waals surface area contributed by atoms with E-state index in [-0.39, 0.29) is 12.0 Å². The van der Waals surface area contributed by atoms with Gasteiger partial charge in [-0.05, 0) is 29.3 Å². The molecule has 0 amide bonds. The molecule has 0 aliphatic heterocycles. The van der Waals surface area contributed by atoms with E-state index in [1.807, 2.05) is 0 Å². The Kier molecular flexibility index (Phi) is 3.61. The molecule has 0 spiro atoms. The van der Waals surface area contributed by atoms with Crippen molar-refractivity contribution in [2.24, 2.45) is 0 Å². The molecule has 1 heterocycles. The van der Waals surface area contributed by atoms with Gasteiger partial charge in [-0.25, -0.2) is 4.39 Å². The second kappa shape index (κ2) is 5.05. The SMILES string of the molecule is OC(Cc1ccoc1)c1ccc(F)c(C(F)(F)F)c1. The van der Waals surface area contributed by atoms with Crippen LogP contribution in [0.4, 0.5) is 17.6 Å². The molecule has 2 rings (SSSR count). The van der Waals surface area contributed by atoms with Crippen molar-refractivity contribution in [2.45, 2.75) is 18.7 Å². The van der Waals surface area contributed by atoms with Crippen LogP contribution in [0, 0.1) is 5.82 Å². The van der Waals surface area contributed by atoms with Gasteiger partial charge in [0.15, 0.2) is 0 Å². The molecule has 2 nitrogen and oxygen atoms in total. The van der Waals surface area contributed by atoms with Crippen LogP contribution in [0.5, 0.6) is 0 Å². The summed E-state index contributed by atoms with van der Waals surface area (Å²) in [4.78, 5) is 0. The topological polar surface area (TPSA) is 33.4 Å². The van der Waals surface area contributed by atoms with Crippen molar-refractivity contribution in [3.8, 4) is 0 Å². The van der Waals surface area contributed by atoms with Crippen molar-refractivity contribution in [3.05, 3.63) is 59.3 Å². The summed E-state index contributed by atoms with van der Waals surface area (Å²) in [6.45, 7) is 0. The van der Waals surface area contributed by atoms with E-state index in [0.717, 1.165) is 6.07 Å². The van der Waals surface area contributed by atoms with Crippen LogP contribution >= 0.6 is 0 Å². The summed E-state index contributed by atoms with van der Waals surface area (Å²) in [7, 11) is 0. The number of halogens is 4. The highest BCUT2D eigenvalue weighted by Crippen LogP contribution is 2.33. The molecule has 1 unspecified atom stereocenters. The fourth-order valence-corrected chi connectivity index (χ4v) is 1.72. The molecule has 1 aromatic heterocycles. The maximum Gasteiger partial charge on any atom is 0.419 e. The second-order valence-corrected chi connectivity index (χ2v) is 4.09. The first-order valence-electron chi connectivity index (χ1n) is 5.43. The molecule has 6 heteroatoms. The first-order valence-corrected chi connectivity index (χ1v) is 5.43. The van der Waals surface area contributed by atoms with Crippen molar-refractivity contribution in [1.29, 1.82) is 0 Å². The summed E-state index contributed by atoms with van der Waals surface area (Å²) in [5.74, 6) is -1.35. The Labute approximate surface area is 106 Å². The zero-order valence-corrected chi connectivity index (χ0v) is 9.62. The van der Waals surface area contributed by atoms with E-state index in [4.69, 9.17) is 4.42 Å². The molecule has 0 saturated heterocycles. The van der Waals surface area contributed by atoms with Crippen LogP contribution in [0.2, 0.25) is 0 Å². The third-order valence-electron chi connectivity index (χ3n) is 2.69. The van der Waals surface area contributed by atoms with Gasteiger partial charge in [0.05, 0.1) is 24.2 Å². The predicted molar refractivity (Wildman–Crippen MR) is 58.8 cm³/mol.